The number of aliphatic carboxylic acids is 1. The van der Waals surface area contributed by atoms with Crippen LogP contribution in [0.15, 0.2) is 18.2 Å². The zero-order chi connectivity index (χ0) is 13.0. The molecule has 0 atom stereocenters. The molecule has 2 N–H and O–H groups in total. The summed E-state index contributed by atoms with van der Waals surface area (Å²) in [6.45, 7) is 2.85. The molecular weight excluding hydrogens is 225 g/mol. The molecule has 90 valence electrons. The average molecular weight is 237 g/mol. The fourth-order valence-corrected chi connectivity index (χ4v) is 1.31. The largest absolute Gasteiger partial charge is 0.478 e. The van der Waals surface area contributed by atoms with Gasteiger partial charge in [-0.3, -0.25) is 4.79 Å². The maximum Gasteiger partial charge on any atom is 0.328 e. The minimum Gasteiger partial charge on any atom is -0.478 e. The van der Waals surface area contributed by atoms with Crippen molar-refractivity contribution in [2.45, 2.75) is 13.8 Å². The van der Waals surface area contributed by atoms with Crippen LogP contribution < -0.4 is 5.32 Å². The Bertz CT molecular complexity index is 495. The van der Waals surface area contributed by atoms with Crippen molar-refractivity contribution in [3.8, 4) is 0 Å². The standard InChI is InChI=1S/C12H12FNO3/c1-7-9(3-4-12(16)17)5-10(6-11(7)13)14-8(2)15/h3-6H,1-2H3,(H,14,15)(H,16,17)/b4-3+. The number of carbonyl (C=O) groups excluding carboxylic acids is 1. The van der Waals surface area contributed by atoms with Gasteiger partial charge in [-0.15, -0.1) is 0 Å². The third-order valence-electron chi connectivity index (χ3n) is 2.11. The van der Waals surface area contributed by atoms with Gasteiger partial charge in [0.2, 0.25) is 5.91 Å². The number of amides is 1. The van der Waals surface area contributed by atoms with E-state index in [4.69, 9.17) is 5.11 Å². The van der Waals surface area contributed by atoms with Gasteiger partial charge in [0.1, 0.15) is 5.82 Å². The predicted molar refractivity (Wildman–Crippen MR) is 62.1 cm³/mol. The highest BCUT2D eigenvalue weighted by atomic mass is 19.1. The lowest BCUT2D eigenvalue weighted by Crippen LogP contribution is -2.06. The van der Waals surface area contributed by atoms with Crippen LogP contribution in [0.2, 0.25) is 0 Å². The molecule has 1 amide bonds. The first-order valence-corrected chi connectivity index (χ1v) is 4.89. The third kappa shape index (κ3) is 3.71. The van der Waals surface area contributed by atoms with Crippen molar-refractivity contribution in [1.29, 1.82) is 0 Å². The molecule has 17 heavy (non-hydrogen) atoms. The van der Waals surface area contributed by atoms with Crippen LogP contribution in [-0.2, 0) is 9.59 Å². The SMILES string of the molecule is CC(=O)Nc1cc(F)c(C)c(/C=C/C(=O)O)c1. The highest BCUT2D eigenvalue weighted by molar-refractivity contribution is 5.90. The van der Waals surface area contributed by atoms with E-state index >= 15 is 0 Å². The van der Waals surface area contributed by atoms with E-state index in [1.165, 1.54) is 32.1 Å². The molecule has 0 bridgehead atoms. The molecule has 0 spiro atoms. The summed E-state index contributed by atoms with van der Waals surface area (Å²) in [6.07, 6.45) is 2.20. The summed E-state index contributed by atoms with van der Waals surface area (Å²) in [4.78, 5) is 21.2. The second-order valence-corrected chi connectivity index (χ2v) is 3.53. The molecular formula is C12H12FNO3. The smallest absolute Gasteiger partial charge is 0.328 e. The maximum atomic E-state index is 13.5. The third-order valence-corrected chi connectivity index (χ3v) is 2.11. The van der Waals surface area contributed by atoms with Gasteiger partial charge < -0.3 is 10.4 Å². The topological polar surface area (TPSA) is 66.4 Å². The molecule has 1 aromatic rings. The monoisotopic (exact) mass is 237 g/mol. The maximum absolute atomic E-state index is 13.5. The number of carbonyl (C=O) groups is 2. The number of hydrogen-bond donors (Lipinski definition) is 2. The Balaban J connectivity index is 3.15. The van der Waals surface area contributed by atoms with E-state index in [-0.39, 0.29) is 5.91 Å². The first-order chi connectivity index (χ1) is 7.90. The number of nitrogens with one attached hydrogen (secondary N) is 1. The van der Waals surface area contributed by atoms with Crippen molar-refractivity contribution in [3.05, 3.63) is 35.2 Å². The fourth-order valence-electron chi connectivity index (χ4n) is 1.31. The van der Waals surface area contributed by atoms with Gasteiger partial charge in [0, 0.05) is 18.7 Å². The number of halogens is 1. The van der Waals surface area contributed by atoms with Gasteiger partial charge in [-0.1, -0.05) is 0 Å². The van der Waals surface area contributed by atoms with Crippen LogP contribution in [0.1, 0.15) is 18.1 Å². The van der Waals surface area contributed by atoms with E-state index in [0.717, 1.165) is 6.08 Å². The van der Waals surface area contributed by atoms with Gasteiger partial charge in [0.15, 0.2) is 0 Å². The van der Waals surface area contributed by atoms with Gasteiger partial charge in [0.25, 0.3) is 0 Å². The quantitative estimate of drug-likeness (QED) is 0.792. The summed E-state index contributed by atoms with van der Waals surface area (Å²) in [6, 6.07) is 2.70. The van der Waals surface area contributed by atoms with Crippen molar-refractivity contribution in [2.24, 2.45) is 0 Å². The van der Waals surface area contributed by atoms with Gasteiger partial charge >= 0.3 is 5.97 Å². The van der Waals surface area contributed by atoms with Crippen LogP contribution in [0, 0.1) is 12.7 Å². The lowest BCUT2D eigenvalue weighted by atomic mass is 10.1. The molecule has 1 aromatic carbocycles. The number of carboxylic acid groups (broad SMARTS) is 1. The van der Waals surface area contributed by atoms with E-state index in [0.29, 0.717) is 16.8 Å². The Labute approximate surface area is 97.8 Å². The highest BCUT2D eigenvalue weighted by Crippen LogP contribution is 2.20. The first-order valence-electron chi connectivity index (χ1n) is 4.89. The summed E-state index contributed by atoms with van der Waals surface area (Å²) in [5.41, 5.74) is 1.04. The molecule has 0 fully saturated rings. The fraction of sp³-hybridized carbons (Fsp3) is 0.167. The number of rotatable bonds is 3. The van der Waals surface area contributed by atoms with Crippen molar-refractivity contribution in [1.82, 2.24) is 0 Å². The van der Waals surface area contributed by atoms with Crippen molar-refractivity contribution < 1.29 is 19.1 Å². The van der Waals surface area contributed by atoms with Gasteiger partial charge in [-0.25, -0.2) is 9.18 Å². The summed E-state index contributed by atoms with van der Waals surface area (Å²) >= 11 is 0. The predicted octanol–water partition coefficient (Wildman–Crippen LogP) is 2.19. The number of hydrogen-bond acceptors (Lipinski definition) is 2. The lowest BCUT2D eigenvalue weighted by molar-refractivity contribution is -0.131. The van der Waals surface area contributed by atoms with Gasteiger partial charge in [-0.2, -0.15) is 0 Å². The molecule has 0 unspecified atom stereocenters. The summed E-state index contributed by atoms with van der Waals surface area (Å²) < 4.78 is 13.5. The van der Waals surface area contributed by atoms with Gasteiger partial charge in [-0.05, 0) is 36.3 Å². The second-order valence-electron chi connectivity index (χ2n) is 3.53. The normalized spacial score (nSPS) is 10.5. The Morgan fingerprint density at radius 2 is 2.06 bits per heavy atom. The van der Waals surface area contributed by atoms with Crippen LogP contribution in [0.4, 0.5) is 10.1 Å². The van der Waals surface area contributed by atoms with Crippen LogP contribution in [-0.4, -0.2) is 17.0 Å². The number of benzene rings is 1. The summed E-state index contributed by atoms with van der Waals surface area (Å²) in [5.74, 6) is -1.93. The molecule has 0 radical (unpaired) electrons. The zero-order valence-corrected chi connectivity index (χ0v) is 9.45. The van der Waals surface area contributed by atoms with Crippen LogP contribution in [0.5, 0.6) is 0 Å². The van der Waals surface area contributed by atoms with E-state index in [1.807, 2.05) is 0 Å². The minimum atomic E-state index is -1.12. The molecule has 0 saturated carbocycles. The van der Waals surface area contributed by atoms with Crippen LogP contribution in [0.3, 0.4) is 0 Å². The van der Waals surface area contributed by atoms with Crippen molar-refractivity contribution >= 4 is 23.6 Å². The van der Waals surface area contributed by atoms with Crippen LogP contribution in [0.25, 0.3) is 6.08 Å². The van der Waals surface area contributed by atoms with E-state index in [9.17, 15) is 14.0 Å². The van der Waals surface area contributed by atoms with E-state index in [1.54, 1.807) is 0 Å². The number of carboxylic acids is 1. The Hall–Kier alpha value is -2.17. The highest BCUT2D eigenvalue weighted by Gasteiger charge is 2.06. The molecule has 0 aliphatic carbocycles. The Morgan fingerprint density at radius 3 is 2.59 bits per heavy atom. The molecule has 0 aromatic heterocycles. The Morgan fingerprint density at radius 1 is 1.41 bits per heavy atom. The Kier molecular flexibility index (Phi) is 3.98. The van der Waals surface area contributed by atoms with E-state index < -0.39 is 11.8 Å². The molecule has 0 heterocycles. The average Bonchev–Trinajstić information content (AvgIpc) is 2.20. The first kappa shape index (κ1) is 12.9. The lowest BCUT2D eigenvalue weighted by Gasteiger charge is -2.07. The summed E-state index contributed by atoms with van der Waals surface area (Å²) in [7, 11) is 0. The van der Waals surface area contributed by atoms with Crippen molar-refractivity contribution in [3.63, 3.8) is 0 Å². The van der Waals surface area contributed by atoms with Gasteiger partial charge in [0.05, 0.1) is 0 Å². The number of anilines is 1. The van der Waals surface area contributed by atoms with Crippen LogP contribution >= 0.6 is 0 Å². The van der Waals surface area contributed by atoms with E-state index in [2.05, 4.69) is 5.32 Å². The second kappa shape index (κ2) is 5.25. The summed E-state index contributed by atoms with van der Waals surface area (Å²) in [5, 5.41) is 10.9. The molecule has 0 saturated heterocycles. The molecule has 1 rings (SSSR count). The van der Waals surface area contributed by atoms with Crippen molar-refractivity contribution in [2.75, 3.05) is 5.32 Å². The minimum absolute atomic E-state index is 0.297. The zero-order valence-electron chi connectivity index (χ0n) is 9.45. The molecule has 0 aliphatic heterocycles. The molecule has 4 nitrogen and oxygen atoms in total. The molecule has 0 aliphatic rings. The molecule has 5 heteroatoms.